The maximum Gasteiger partial charge on any atom is 0.0386 e. The van der Waals surface area contributed by atoms with E-state index < -0.39 is 0 Å². The summed E-state index contributed by atoms with van der Waals surface area (Å²) >= 11 is 0. The standard InChI is InChI=1S/C13H23N/c1-8-12(10(2)3)14-9-11(4)13(5,6)7/h8-10H,4H2,1-3,5-7H3/b12-8-,14-9?. The number of hydrogen-bond donors (Lipinski definition) is 0. The third kappa shape index (κ3) is 4.40. The molecule has 0 atom stereocenters. The first-order valence-corrected chi connectivity index (χ1v) is 5.18. The molecule has 0 heterocycles. The molecule has 0 aromatic carbocycles. The van der Waals surface area contributed by atoms with Gasteiger partial charge < -0.3 is 0 Å². The van der Waals surface area contributed by atoms with Crippen molar-refractivity contribution in [1.82, 2.24) is 0 Å². The molecule has 0 saturated heterocycles. The molecule has 0 fully saturated rings. The van der Waals surface area contributed by atoms with Crippen LogP contribution in [-0.4, -0.2) is 6.21 Å². The monoisotopic (exact) mass is 193 g/mol. The normalized spacial score (nSPS) is 14.1. The van der Waals surface area contributed by atoms with Gasteiger partial charge in [0.1, 0.15) is 0 Å². The number of allylic oxidation sites excluding steroid dienone is 3. The molecule has 0 aliphatic carbocycles. The van der Waals surface area contributed by atoms with Gasteiger partial charge in [-0.1, -0.05) is 47.3 Å². The summed E-state index contributed by atoms with van der Waals surface area (Å²) in [6, 6.07) is 0. The van der Waals surface area contributed by atoms with Crippen LogP contribution in [0.5, 0.6) is 0 Å². The van der Waals surface area contributed by atoms with Gasteiger partial charge in [0.25, 0.3) is 0 Å². The number of rotatable bonds is 3. The summed E-state index contributed by atoms with van der Waals surface area (Å²) in [6.07, 6.45) is 3.94. The maximum absolute atomic E-state index is 4.44. The summed E-state index contributed by atoms with van der Waals surface area (Å²) in [6.45, 7) is 16.8. The molecule has 0 spiro atoms. The van der Waals surface area contributed by atoms with Crippen molar-refractivity contribution < 1.29 is 0 Å². The third-order valence-electron chi connectivity index (χ3n) is 2.22. The van der Waals surface area contributed by atoms with E-state index in [9.17, 15) is 0 Å². The second-order valence-corrected chi connectivity index (χ2v) is 4.90. The predicted molar refractivity (Wildman–Crippen MR) is 65.7 cm³/mol. The minimum Gasteiger partial charge on any atom is -0.261 e. The van der Waals surface area contributed by atoms with Crippen LogP contribution in [0.1, 0.15) is 41.5 Å². The van der Waals surface area contributed by atoms with Crippen LogP contribution in [0, 0.1) is 11.3 Å². The highest BCUT2D eigenvalue weighted by molar-refractivity contribution is 5.80. The van der Waals surface area contributed by atoms with Crippen molar-refractivity contribution in [3.63, 3.8) is 0 Å². The lowest BCUT2D eigenvalue weighted by Gasteiger charge is -2.18. The van der Waals surface area contributed by atoms with Gasteiger partial charge in [-0.25, -0.2) is 0 Å². The van der Waals surface area contributed by atoms with Gasteiger partial charge in [0.2, 0.25) is 0 Å². The molecule has 0 aromatic rings. The van der Waals surface area contributed by atoms with E-state index >= 15 is 0 Å². The first-order valence-electron chi connectivity index (χ1n) is 5.18. The summed E-state index contributed by atoms with van der Waals surface area (Å²) < 4.78 is 0. The van der Waals surface area contributed by atoms with Crippen molar-refractivity contribution in [2.75, 3.05) is 0 Å². The second-order valence-electron chi connectivity index (χ2n) is 4.90. The molecule has 0 aliphatic heterocycles. The number of hydrogen-bond acceptors (Lipinski definition) is 1. The van der Waals surface area contributed by atoms with E-state index in [1.807, 2.05) is 13.1 Å². The van der Waals surface area contributed by atoms with E-state index in [4.69, 9.17) is 0 Å². The lowest BCUT2D eigenvalue weighted by Crippen LogP contribution is -2.09. The Morgan fingerprint density at radius 1 is 1.29 bits per heavy atom. The SMILES string of the molecule is C=C(C=N/C(=C\C)C(C)C)C(C)(C)C. The lowest BCUT2D eigenvalue weighted by molar-refractivity contribution is 0.528. The van der Waals surface area contributed by atoms with Crippen LogP contribution in [0.15, 0.2) is 28.9 Å². The van der Waals surface area contributed by atoms with Gasteiger partial charge in [-0.2, -0.15) is 0 Å². The fraction of sp³-hybridized carbons (Fsp3) is 0.615. The molecule has 80 valence electrons. The van der Waals surface area contributed by atoms with Gasteiger partial charge in [0, 0.05) is 11.9 Å². The van der Waals surface area contributed by atoms with Crippen LogP contribution in [0.25, 0.3) is 0 Å². The Morgan fingerprint density at radius 3 is 2.07 bits per heavy atom. The second kappa shape index (κ2) is 5.14. The maximum atomic E-state index is 4.44. The van der Waals surface area contributed by atoms with Gasteiger partial charge in [-0.05, 0) is 23.8 Å². The van der Waals surface area contributed by atoms with Gasteiger partial charge >= 0.3 is 0 Å². The minimum absolute atomic E-state index is 0.110. The first kappa shape index (κ1) is 13.2. The molecule has 0 N–H and O–H groups in total. The smallest absolute Gasteiger partial charge is 0.0386 e. The zero-order chi connectivity index (χ0) is 11.4. The molecule has 0 aliphatic rings. The average Bonchev–Trinajstić information content (AvgIpc) is 2.02. The predicted octanol–water partition coefficient (Wildman–Crippen LogP) is 4.22. The Labute approximate surface area is 88.6 Å². The molecule has 0 radical (unpaired) electrons. The van der Waals surface area contributed by atoms with Crippen LogP contribution < -0.4 is 0 Å². The molecule has 14 heavy (non-hydrogen) atoms. The van der Waals surface area contributed by atoms with E-state index in [1.165, 1.54) is 0 Å². The Morgan fingerprint density at radius 2 is 1.79 bits per heavy atom. The van der Waals surface area contributed by atoms with E-state index in [-0.39, 0.29) is 5.41 Å². The van der Waals surface area contributed by atoms with Crippen LogP contribution in [-0.2, 0) is 0 Å². The van der Waals surface area contributed by atoms with E-state index in [2.05, 4.69) is 52.3 Å². The molecule has 0 rings (SSSR count). The summed E-state index contributed by atoms with van der Waals surface area (Å²) in [7, 11) is 0. The molecular formula is C13H23N. The molecular weight excluding hydrogens is 170 g/mol. The first-order chi connectivity index (χ1) is 6.29. The highest BCUT2D eigenvalue weighted by Crippen LogP contribution is 2.22. The largest absolute Gasteiger partial charge is 0.261 e. The van der Waals surface area contributed by atoms with Crippen LogP contribution in [0.3, 0.4) is 0 Å². The van der Waals surface area contributed by atoms with Crippen LogP contribution in [0.2, 0.25) is 0 Å². The Balaban J connectivity index is 4.53. The highest BCUT2D eigenvalue weighted by Gasteiger charge is 2.12. The van der Waals surface area contributed by atoms with E-state index in [0.29, 0.717) is 5.92 Å². The van der Waals surface area contributed by atoms with Crippen molar-refractivity contribution in [2.45, 2.75) is 41.5 Å². The van der Waals surface area contributed by atoms with Crippen molar-refractivity contribution in [2.24, 2.45) is 16.3 Å². The molecule has 0 saturated carbocycles. The quantitative estimate of drug-likeness (QED) is 0.595. The van der Waals surface area contributed by atoms with Crippen molar-refractivity contribution >= 4 is 6.21 Å². The van der Waals surface area contributed by atoms with E-state index in [0.717, 1.165) is 11.3 Å². The zero-order valence-electron chi connectivity index (χ0n) is 10.4. The Bertz CT molecular complexity index is 249. The number of aliphatic imine (C=N–C) groups is 1. The van der Waals surface area contributed by atoms with Crippen molar-refractivity contribution in [3.05, 3.63) is 23.9 Å². The van der Waals surface area contributed by atoms with Crippen LogP contribution >= 0.6 is 0 Å². The summed E-state index contributed by atoms with van der Waals surface area (Å²) in [5, 5.41) is 0. The van der Waals surface area contributed by atoms with Crippen molar-refractivity contribution in [1.29, 1.82) is 0 Å². The molecule has 1 nitrogen and oxygen atoms in total. The Hall–Kier alpha value is -0.850. The fourth-order valence-electron chi connectivity index (χ4n) is 0.903. The van der Waals surface area contributed by atoms with Gasteiger partial charge in [-0.15, -0.1) is 0 Å². The van der Waals surface area contributed by atoms with Gasteiger partial charge in [0.05, 0.1) is 0 Å². The van der Waals surface area contributed by atoms with E-state index in [1.54, 1.807) is 0 Å². The fourth-order valence-corrected chi connectivity index (χ4v) is 0.903. The molecule has 0 bridgehead atoms. The molecule has 0 aromatic heterocycles. The average molecular weight is 193 g/mol. The van der Waals surface area contributed by atoms with Gasteiger partial charge in [-0.3, -0.25) is 4.99 Å². The zero-order valence-corrected chi connectivity index (χ0v) is 10.4. The topological polar surface area (TPSA) is 12.4 Å². The molecule has 0 amide bonds. The summed E-state index contributed by atoms with van der Waals surface area (Å²) in [5.41, 5.74) is 2.30. The highest BCUT2D eigenvalue weighted by atomic mass is 14.7. The number of nitrogens with zero attached hydrogens (tertiary/aromatic N) is 1. The van der Waals surface area contributed by atoms with Crippen LogP contribution in [0.4, 0.5) is 0 Å². The Kier molecular flexibility index (Phi) is 4.82. The summed E-state index contributed by atoms with van der Waals surface area (Å²) in [5.74, 6) is 0.476. The van der Waals surface area contributed by atoms with Gasteiger partial charge in [0.15, 0.2) is 0 Å². The third-order valence-corrected chi connectivity index (χ3v) is 2.22. The minimum atomic E-state index is 0.110. The van der Waals surface area contributed by atoms with Crippen molar-refractivity contribution in [3.8, 4) is 0 Å². The molecule has 0 unspecified atom stereocenters. The lowest BCUT2D eigenvalue weighted by atomic mass is 9.88. The molecule has 1 heteroatoms. The summed E-state index contributed by atoms with van der Waals surface area (Å²) in [4.78, 5) is 4.44.